The Kier molecular flexibility index (Phi) is 5.71. The van der Waals surface area contributed by atoms with E-state index in [-0.39, 0.29) is 5.91 Å². The number of nitrogens with one attached hydrogen (secondary N) is 1. The van der Waals surface area contributed by atoms with E-state index in [4.69, 9.17) is 4.74 Å². The molecule has 1 amide bonds. The summed E-state index contributed by atoms with van der Waals surface area (Å²) in [6.45, 7) is 5.48. The maximum absolute atomic E-state index is 12.0. The molecule has 0 saturated carbocycles. The minimum absolute atomic E-state index is 0.0225. The maximum Gasteiger partial charge on any atom is 0.220 e. The van der Waals surface area contributed by atoms with Gasteiger partial charge in [0, 0.05) is 30.5 Å². The van der Waals surface area contributed by atoms with Crippen molar-refractivity contribution in [1.82, 2.24) is 20.3 Å². The topological polar surface area (TPSA) is 80.2 Å². The zero-order valence-corrected chi connectivity index (χ0v) is 14.5. The van der Waals surface area contributed by atoms with Crippen LogP contribution in [0.2, 0.25) is 0 Å². The van der Waals surface area contributed by atoms with Gasteiger partial charge in [0.1, 0.15) is 12.1 Å². The Balaban J connectivity index is 1.49. The molecule has 0 radical (unpaired) electrons. The number of hydrogen-bond acceptors (Lipinski definition) is 7. The molecule has 1 aliphatic rings. The molecule has 2 aromatic rings. The number of ether oxygens (including phenoxy) is 1. The van der Waals surface area contributed by atoms with Crippen LogP contribution in [0, 0.1) is 6.92 Å². The normalized spacial score (nSPS) is 14.6. The second-order valence-corrected chi connectivity index (χ2v) is 6.54. The second-order valence-electron chi connectivity index (χ2n) is 5.60. The largest absolute Gasteiger partial charge is 0.378 e. The highest BCUT2D eigenvalue weighted by Gasteiger charge is 2.13. The fourth-order valence-electron chi connectivity index (χ4n) is 2.52. The van der Waals surface area contributed by atoms with Gasteiger partial charge in [-0.05, 0) is 13.3 Å². The zero-order valence-electron chi connectivity index (χ0n) is 13.7. The van der Waals surface area contributed by atoms with Crippen molar-refractivity contribution in [1.29, 1.82) is 0 Å². The van der Waals surface area contributed by atoms with Crippen molar-refractivity contribution < 1.29 is 9.53 Å². The molecule has 0 aliphatic carbocycles. The molecule has 0 atom stereocenters. The van der Waals surface area contributed by atoms with Crippen molar-refractivity contribution in [2.75, 3.05) is 31.2 Å². The number of hydrogen-bond donors (Lipinski definition) is 1. The van der Waals surface area contributed by atoms with Crippen LogP contribution in [0.3, 0.4) is 0 Å². The molecule has 1 aliphatic heterocycles. The standard InChI is InChI=1S/C16H21N5O2S/c1-12-14(24-11-20-12)2-3-16(22)17-9-13-8-15(19-10-18-13)21-4-6-23-7-5-21/h8,10-11H,2-7,9H2,1H3,(H,17,22). The first-order chi connectivity index (χ1) is 11.7. The summed E-state index contributed by atoms with van der Waals surface area (Å²) < 4.78 is 5.35. The number of aryl methyl sites for hydroxylation is 2. The van der Waals surface area contributed by atoms with Crippen molar-refractivity contribution >= 4 is 23.1 Å². The SMILES string of the molecule is Cc1ncsc1CCC(=O)NCc1cc(N2CCOCC2)ncn1. The van der Waals surface area contributed by atoms with Gasteiger partial charge in [-0.25, -0.2) is 15.0 Å². The number of nitrogens with zero attached hydrogens (tertiary/aromatic N) is 4. The van der Waals surface area contributed by atoms with Gasteiger partial charge in [-0.15, -0.1) is 11.3 Å². The molecule has 7 nitrogen and oxygen atoms in total. The van der Waals surface area contributed by atoms with Gasteiger partial charge in [0.2, 0.25) is 5.91 Å². The molecular weight excluding hydrogens is 326 g/mol. The molecule has 1 N–H and O–H groups in total. The quantitative estimate of drug-likeness (QED) is 0.849. The molecule has 1 fully saturated rings. The van der Waals surface area contributed by atoms with Gasteiger partial charge in [-0.2, -0.15) is 0 Å². The number of morpholine rings is 1. The average molecular weight is 347 g/mol. The number of amides is 1. The zero-order chi connectivity index (χ0) is 16.8. The Morgan fingerprint density at radius 2 is 2.17 bits per heavy atom. The summed E-state index contributed by atoms with van der Waals surface area (Å²) in [4.78, 5) is 28.1. The first kappa shape index (κ1) is 16.8. The van der Waals surface area contributed by atoms with E-state index < -0.39 is 0 Å². The van der Waals surface area contributed by atoms with Gasteiger partial charge in [0.15, 0.2) is 0 Å². The van der Waals surface area contributed by atoms with E-state index in [1.165, 1.54) is 4.88 Å². The number of aromatic nitrogens is 3. The lowest BCUT2D eigenvalue weighted by Gasteiger charge is -2.27. The molecule has 24 heavy (non-hydrogen) atoms. The number of carbonyl (C=O) groups excluding carboxylic acids is 1. The Bertz CT molecular complexity index is 685. The lowest BCUT2D eigenvalue weighted by Crippen LogP contribution is -2.37. The van der Waals surface area contributed by atoms with Crippen molar-refractivity contribution in [3.05, 3.63) is 34.2 Å². The van der Waals surface area contributed by atoms with Gasteiger partial charge in [-0.1, -0.05) is 0 Å². The van der Waals surface area contributed by atoms with E-state index in [2.05, 4.69) is 25.2 Å². The van der Waals surface area contributed by atoms with Crippen molar-refractivity contribution in [3.63, 3.8) is 0 Å². The van der Waals surface area contributed by atoms with E-state index in [0.717, 1.165) is 36.7 Å². The maximum atomic E-state index is 12.0. The first-order valence-corrected chi connectivity index (χ1v) is 8.89. The summed E-state index contributed by atoms with van der Waals surface area (Å²) in [6.07, 6.45) is 2.74. The summed E-state index contributed by atoms with van der Waals surface area (Å²) in [7, 11) is 0. The summed E-state index contributed by atoms with van der Waals surface area (Å²) in [5.41, 5.74) is 3.64. The average Bonchev–Trinajstić information content (AvgIpc) is 3.04. The van der Waals surface area contributed by atoms with Gasteiger partial charge in [-0.3, -0.25) is 4.79 Å². The van der Waals surface area contributed by atoms with E-state index >= 15 is 0 Å². The summed E-state index contributed by atoms with van der Waals surface area (Å²) >= 11 is 1.60. The molecule has 3 heterocycles. The fourth-order valence-corrected chi connectivity index (χ4v) is 3.30. The highest BCUT2D eigenvalue weighted by atomic mass is 32.1. The van der Waals surface area contributed by atoms with Gasteiger partial charge >= 0.3 is 0 Å². The number of thiazole rings is 1. The number of carbonyl (C=O) groups is 1. The van der Waals surface area contributed by atoms with Crippen LogP contribution in [0.4, 0.5) is 5.82 Å². The lowest BCUT2D eigenvalue weighted by atomic mass is 10.2. The summed E-state index contributed by atoms with van der Waals surface area (Å²) in [5, 5.41) is 2.92. The highest BCUT2D eigenvalue weighted by molar-refractivity contribution is 7.09. The molecule has 3 rings (SSSR count). The minimum Gasteiger partial charge on any atom is -0.378 e. The second kappa shape index (κ2) is 8.16. The Labute approximate surface area is 145 Å². The lowest BCUT2D eigenvalue weighted by molar-refractivity contribution is -0.121. The van der Waals surface area contributed by atoms with Crippen LogP contribution in [0.15, 0.2) is 17.9 Å². The van der Waals surface area contributed by atoms with E-state index in [9.17, 15) is 4.79 Å². The molecule has 0 aromatic carbocycles. The summed E-state index contributed by atoms with van der Waals surface area (Å²) in [6, 6.07) is 1.93. The van der Waals surface area contributed by atoms with Crippen LogP contribution in [-0.2, 0) is 22.5 Å². The Hall–Kier alpha value is -2.06. The van der Waals surface area contributed by atoms with Crippen molar-refractivity contribution in [3.8, 4) is 0 Å². The molecule has 128 valence electrons. The van der Waals surface area contributed by atoms with Crippen LogP contribution < -0.4 is 10.2 Å². The van der Waals surface area contributed by atoms with Gasteiger partial charge in [0.05, 0.1) is 36.7 Å². The van der Waals surface area contributed by atoms with Crippen LogP contribution in [0.1, 0.15) is 22.7 Å². The van der Waals surface area contributed by atoms with Crippen molar-refractivity contribution in [2.45, 2.75) is 26.3 Å². The monoisotopic (exact) mass is 347 g/mol. The Morgan fingerprint density at radius 1 is 1.33 bits per heavy atom. The van der Waals surface area contributed by atoms with E-state index in [0.29, 0.717) is 26.2 Å². The molecule has 8 heteroatoms. The molecule has 1 saturated heterocycles. The number of anilines is 1. The van der Waals surface area contributed by atoms with Crippen LogP contribution >= 0.6 is 11.3 Å². The van der Waals surface area contributed by atoms with E-state index in [1.807, 2.05) is 18.5 Å². The Morgan fingerprint density at radius 3 is 2.92 bits per heavy atom. The van der Waals surface area contributed by atoms with Crippen molar-refractivity contribution in [2.24, 2.45) is 0 Å². The third kappa shape index (κ3) is 4.48. The fraction of sp³-hybridized carbons (Fsp3) is 0.500. The number of rotatable bonds is 6. The van der Waals surface area contributed by atoms with Crippen LogP contribution in [0.25, 0.3) is 0 Å². The predicted octanol–water partition coefficient (Wildman–Crippen LogP) is 1.33. The van der Waals surface area contributed by atoms with Gasteiger partial charge < -0.3 is 15.0 Å². The van der Waals surface area contributed by atoms with Crippen LogP contribution in [0.5, 0.6) is 0 Å². The van der Waals surface area contributed by atoms with Gasteiger partial charge in [0.25, 0.3) is 0 Å². The highest BCUT2D eigenvalue weighted by Crippen LogP contribution is 2.15. The molecule has 0 spiro atoms. The molecule has 0 unspecified atom stereocenters. The van der Waals surface area contributed by atoms with E-state index in [1.54, 1.807) is 17.7 Å². The first-order valence-electron chi connectivity index (χ1n) is 8.01. The molecule has 0 bridgehead atoms. The van der Waals surface area contributed by atoms with Crippen LogP contribution in [-0.4, -0.2) is 47.2 Å². The summed E-state index contributed by atoms with van der Waals surface area (Å²) in [5.74, 6) is 0.909. The molecular formula is C16H21N5O2S. The predicted molar refractivity (Wildman–Crippen MR) is 92.1 cm³/mol. The third-order valence-electron chi connectivity index (χ3n) is 3.94. The molecule has 2 aromatic heterocycles. The smallest absolute Gasteiger partial charge is 0.220 e. The third-order valence-corrected chi connectivity index (χ3v) is 4.93. The minimum atomic E-state index is 0.0225.